The molecule has 4 nitrogen and oxygen atoms in total. The molecule has 1 aliphatic rings. The number of rotatable bonds is 6. The zero-order valence-electron chi connectivity index (χ0n) is 14.9. The summed E-state index contributed by atoms with van der Waals surface area (Å²) in [6, 6.07) is 15.9. The minimum absolute atomic E-state index is 0.0237. The summed E-state index contributed by atoms with van der Waals surface area (Å²) < 4.78 is 5.44. The maximum atomic E-state index is 12.6. The molecule has 0 unspecified atom stereocenters. The molecular weight excluding hydrogens is 312 g/mol. The van der Waals surface area contributed by atoms with E-state index in [0.717, 1.165) is 30.7 Å². The van der Waals surface area contributed by atoms with Crippen molar-refractivity contribution in [3.8, 4) is 5.75 Å². The minimum atomic E-state index is -0.299. The second-order valence-corrected chi connectivity index (χ2v) is 6.48. The highest BCUT2D eigenvalue weighted by Crippen LogP contribution is 2.29. The van der Waals surface area contributed by atoms with Gasteiger partial charge in [0.15, 0.2) is 0 Å². The summed E-state index contributed by atoms with van der Waals surface area (Å²) in [5, 5.41) is 6.46. The largest absolute Gasteiger partial charge is 0.494 e. The highest BCUT2D eigenvalue weighted by atomic mass is 16.5. The summed E-state index contributed by atoms with van der Waals surface area (Å²) in [5.41, 5.74) is 3.52. The molecule has 2 N–H and O–H groups in total. The first-order valence-electron chi connectivity index (χ1n) is 9.05. The van der Waals surface area contributed by atoms with Crippen molar-refractivity contribution in [3.05, 3.63) is 59.7 Å². The Morgan fingerprint density at radius 3 is 2.72 bits per heavy atom. The topological polar surface area (TPSA) is 50.4 Å². The molecule has 0 heterocycles. The van der Waals surface area contributed by atoms with Gasteiger partial charge in [0.25, 0.3) is 0 Å². The molecule has 0 aromatic heterocycles. The number of ether oxygens (including phenoxy) is 1. The van der Waals surface area contributed by atoms with E-state index >= 15 is 0 Å². The minimum Gasteiger partial charge on any atom is -0.494 e. The number of benzene rings is 2. The normalized spacial score (nSPS) is 17.3. The molecule has 132 valence electrons. The van der Waals surface area contributed by atoms with Gasteiger partial charge in [-0.05, 0) is 68.5 Å². The Labute approximate surface area is 149 Å². The molecule has 0 saturated heterocycles. The number of aryl methyl sites for hydroxylation is 1. The van der Waals surface area contributed by atoms with Crippen molar-refractivity contribution in [2.24, 2.45) is 0 Å². The van der Waals surface area contributed by atoms with Crippen molar-refractivity contribution < 1.29 is 9.53 Å². The lowest BCUT2D eigenvalue weighted by atomic mass is 9.87. The van der Waals surface area contributed by atoms with E-state index in [-0.39, 0.29) is 18.0 Å². The van der Waals surface area contributed by atoms with E-state index in [9.17, 15) is 4.79 Å². The molecule has 0 fully saturated rings. The molecular formula is C21H26N2O2. The predicted molar refractivity (Wildman–Crippen MR) is 101 cm³/mol. The predicted octanol–water partition coefficient (Wildman–Crippen LogP) is 4.08. The second-order valence-electron chi connectivity index (χ2n) is 6.48. The van der Waals surface area contributed by atoms with Crippen molar-refractivity contribution in [2.45, 2.75) is 45.2 Å². The van der Waals surface area contributed by atoms with E-state index in [2.05, 4.69) is 28.8 Å². The molecule has 2 aromatic rings. The summed E-state index contributed by atoms with van der Waals surface area (Å²) in [4.78, 5) is 12.6. The van der Waals surface area contributed by atoms with Gasteiger partial charge in [-0.15, -0.1) is 0 Å². The quantitative estimate of drug-likeness (QED) is 0.834. The molecule has 0 radical (unpaired) electrons. The van der Waals surface area contributed by atoms with Gasteiger partial charge in [0.05, 0.1) is 12.6 Å². The van der Waals surface area contributed by atoms with Crippen molar-refractivity contribution in [1.29, 1.82) is 0 Å². The first-order valence-corrected chi connectivity index (χ1v) is 9.05. The molecule has 25 heavy (non-hydrogen) atoms. The zero-order chi connectivity index (χ0) is 17.6. The number of carbonyl (C=O) groups is 1. The third kappa shape index (κ3) is 4.32. The van der Waals surface area contributed by atoms with Crippen molar-refractivity contribution >= 4 is 11.6 Å². The van der Waals surface area contributed by atoms with Gasteiger partial charge in [0.2, 0.25) is 5.91 Å². The van der Waals surface area contributed by atoms with Gasteiger partial charge in [-0.2, -0.15) is 0 Å². The van der Waals surface area contributed by atoms with Gasteiger partial charge in [0, 0.05) is 5.69 Å². The number of anilines is 1. The third-order valence-electron chi connectivity index (χ3n) is 4.63. The molecule has 3 rings (SSSR count). The van der Waals surface area contributed by atoms with Crippen LogP contribution >= 0.6 is 0 Å². The Balaban J connectivity index is 1.60. The smallest absolute Gasteiger partial charge is 0.242 e. The van der Waals surface area contributed by atoms with Crippen LogP contribution in [0.1, 0.15) is 43.9 Å². The first-order chi connectivity index (χ1) is 12.2. The number of amides is 1. The van der Waals surface area contributed by atoms with Crippen LogP contribution in [0.4, 0.5) is 5.69 Å². The Bertz CT molecular complexity index is 712. The van der Waals surface area contributed by atoms with Gasteiger partial charge < -0.3 is 15.4 Å². The van der Waals surface area contributed by atoms with Crippen LogP contribution in [0.25, 0.3) is 0 Å². The van der Waals surface area contributed by atoms with Crippen LogP contribution in [0.15, 0.2) is 48.5 Å². The lowest BCUT2D eigenvalue weighted by molar-refractivity contribution is -0.122. The summed E-state index contributed by atoms with van der Waals surface area (Å²) in [7, 11) is 0. The van der Waals surface area contributed by atoms with Crippen molar-refractivity contribution in [2.75, 3.05) is 11.9 Å². The Morgan fingerprint density at radius 1 is 1.20 bits per heavy atom. The second kappa shape index (κ2) is 8.06. The van der Waals surface area contributed by atoms with Gasteiger partial charge in [-0.1, -0.05) is 24.3 Å². The number of hydrogen-bond donors (Lipinski definition) is 2. The van der Waals surface area contributed by atoms with Crippen molar-refractivity contribution in [1.82, 2.24) is 5.32 Å². The molecule has 2 aromatic carbocycles. The van der Waals surface area contributed by atoms with Gasteiger partial charge >= 0.3 is 0 Å². The van der Waals surface area contributed by atoms with Crippen LogP contribution in [0.3, 0.4) is 0 Å². The average Bonchev–Trinajstić information content (AvgIpc) is 2.64. The van der Waals surface area contributed by atoms with E-state index < -0.39 is 0 Å². The number of fused-ring (bicyclic) bond motifs is 1. The van der Waals surface area contributed by atoms with Gasteiger partial charge in [-0.25, -0.2) is 0 Å². The zero-order valence-corrected chi connectivity index (χ0v) is 14.9. The van der Waals surface area contributed by atoms with Crippen LogP contribution < -0.4 is 15.4 Å². The Morgan fingerprint density at radius 2 is 1.96 bits per heavy atom. The molecule has 0 aliphatic heterocycles. The molecule has 0 bridgehead atoms. The van der Waals surface area contributed by atoms with Gasteiger partial charge in [0.1, 0.15) is 11.8 Å². The fourth-order valence-electron chi connectivity index (χ4n) is 3.33. The summed E-state index contributed by atoms with van der Waals surface area (Å²) >= 11 is 0. The number of hydrogen-bond acceptors (Lipinski definition) is 3. The van der Waals surface area contributed by atoms with Crippen LogP contribution in [0.5, 0.6) is 5.75 Å². The van der Waals surface area contributed by atoms with E-state index in [1.807, 2.05) is 44.2 Å². The number of carbonyl (C=O) groups excluding carboxylic acids is 1. The van der Waals surface area contributed by atoms with E-state index in [4.69, 9.17) is 4.74 Å². The average molecular weight is 338 g/mol. The Hall–Kier alpha value is -2.49. The first kappa shape index (κ1) is 17.3. The fraction of sp³-hybridized carbons (Fsp3) is 0.381. The van der Waals surface area contributed by atoms with Crippen LogP contribution in [-0.2, 0) is 11.2 Å². The monoisotopic (exact) mass is 338 g/mol. The molecule has 4 heteroatoms. The fourth-order valence-corrected chi connectivity index (χ4v) is 3.33. The summed E-state index contributed by atoms with van der Waals surface area (Å²) in [5.74, 6) is 0.861. The molecule has 0 saturated carbocycles. The third-order valence-corrected chi connectivity index (χ3v) is 4.63. The highest BCUT2D eigenvalue weighted by Gasteiger charge is 2.23. The molecule has 1 amide bonds. The highest BCUT2D eigenvalue weighted by molar-refractivity contribution is 5.84. The van der Waals surface area contributed by atoms with Crippen LogP contribution in [0, 0.1) is 0 Å². The maximum Gasteiger partial charge on any atom is 0.242 e. The lowest BCUT2D eigenvalue weighted by Crippen LogP contribution is -2.40. The summed E-state index contributed by atoms with van der Waals surface area (Å²) in [6.07, 6.45) is 3.21. The van der Waals surface area contributed by atoms with E-state index in [1.165, 1.54) is 11.1 Å². The molecule has 0 spiro atoms. The molecule has 1 aliphatic carbocycles. The van der Waals surface area contributed by atoms with E-state index in [1.54, 1.807) is 0 Å². The standard InChI is InChI=1S/C21H26N2O2/c1-3-25-18-13-11-17(12-14-18)22-15(2)21(24)23-20-10-6-8-16-7-4-5-9-19(16)20/h4-5,7,9,11-15,20,22H,3,6,8,10H2,1-2H3,(H,23,24)/t15-,20-/m1/s1. The van der Waals surface area contributed by atoms with Gasteiger partial charge in [-0.3, -0.25) is 4.79 Å². The number of nitrogens with one attached hydrogen (secondary N) is 2. The lowest BCUT2D eigenvalue weighted by Gasteiger charge is -2.27. The van der Waals surface area contributed by atoms with Crippen LogP contribution in [0.2, 0.25) is 0 Å². The van der Waals surface area contributed by atoms with E-state index in [0.29, 0.717) is 6.61 Å². The van der Waals surface area contributed by atoms with Crippen molar-refractivity contribution in [3.63, 3.8) is 0 Å². The maximum absolute atomic E-state index is 12.6. The SMILES string of the molecule is CCOc1ccc(N[C@H](C)C(=O)N[C@@H]2CCCc3ccccc32)cc1. The Kier molecular flexibility index (Phi) is 5.59. The molecule has 2 atom stereocenters. The van der Waals surface area contributed by atoms with Crippen LogP contribution in [-0.4, -0.2) is 18.6 Å². The summed E-state index contributed by atoms with van der Waals surface area (Å²) in [6.45, 7) is 4.50.